The monoisotopic (exact) mass is 356 g/mol. The molecule has 2 heterocycles. The summed E-state index contributed by atoms with van der Waals surface area (Å²) in [7, 11) is 0. The highest BCUT2D eigenvalue weighted by atomic mass is 79.9. The van der Waals surface area contributed by atoms with Gasteiger partial charge in [-0.2, -0.15) is 0 Å². The van der Waals surface area contributed by atoms with Crippen LogP contribution in [-0.2, 0) is 12.8 Å². The van der Waals surface area contributed by atoms with Crippen LogP contribution < -0.4 is 4.74 Å². The van der Waals surface area contributed by atoms with Crippen molar-refractivity contribution in [3.8, 4) is 5.75 Å². The van der Waals surface area contributed by atoms with Gasteiger partial charge in [0.25, 0.3) is 0 Å². The Labute approximate surface area is 128 Å². The fourth-order valence-electron chi connectivity index (χ4n) is 2.21. The third-order valence-corrected chi connectivity index (χ3v) is 4.79. The second kappa shape index (κ2) is 5.27. The van der Waals surface area contributed by atoms with Crippen LogP contribution in [0.15, 0.2) is 27.4 Å². The molecule has 19 heavy (non-hydrogen) atoms. The molecule has 0 unspecified atom stereocenters. The molecule has 1 aromatic carbocycles. The molecule has 1 aromatic heterocycles. The molecular formula is C14H10BrClO2S. The Morgan fingerprint density at radius 3 is 3.00 bits per heavy atom. The number of fused-ring (bicyclic) bond motifs is 1. The Hall–Kier alpha value is -0.840. The highest BCUT2D eigenvalue weighted by Gasteiger charge is 2.20. The number of halogens is 2. The Kier molecular flexibility index (Phi) is 3.65. The highest BCUT2D eigenvalue weighted by Crippen LogP contribution is 2.34. The molecule has 5 heteroatoms. The fraction of sp³-hybridized carbons (Fsp3) is 0.214. The Morgan fingerprint density at radius 2 is 2.26 bits per heavy atom. The van der Waals surface area contributed by atoms with Gasteiger partial charge in [0.15, 0.2) is 5.78 Å². The summed E-state index contributed by atoms with van der Waals surface area (Å²) in [5, 5.41) is 2.52. The van der Waals surface area contributed by atoms with Crippen molar-refractivity contribution in [1.82, 2.24) is 0 Å². The van der Waals surface area contributed by atoms with Crippen molar-refractivity contribution in [2.45, 2.75) is 12.8 Å². The predicted octanol–water partition coefficient (Wildman–Crippen LogP) is 4.52. The molecule has 0 saturated heterocycles. The molecule has 1 aliphatic rings. The number of hydrogen-bond donors (Lipinski definition) is 0. The van der Waals surface area contributed by atoms with Crippen LogP contribution in [0.2, 0.25) is 5.02 Å². The quantitative estimate of drug-likeness (QED) is 0.755. The van der Waals surface area contributed by atoms with Crippen LogP contribution in [0, 0.1) is 0 Å². The van der Waals surface area contributed by atoms with E-state index in [1.165, 1.54) is 11.3 Å². The maximum atomic E-state index is 12.2. The van der Waals surface area contributed by atoms with Crippen LogP contribution in [0.3, 0.4) is 0 Å². The van der Waals surface area contributed by atoms with Crippen molar-refractivity contribution in [3.63, 3.8) is 0 Å². The van der Waals surface area contributed by atoms with Crippen molar-refractivity contribution >= 4 is 44.7 Å². The van der Waals surface area contributed by atoms with Crippen LogP contribution in [0.1, 0.15) is 21.5 Å². The average molecular weight is 358 g/mol. The lowest BCUT2D eigenvalue weighted by Gasteiger charge is -2.08. The van der Waals surface area contributed by atoms with Crippen molar-refractivity contribution in [1.29, 1.82) is 0 Å². The molecule has 0 saturated carbocycles. The van der Waals surface area contributed by atoms with E-state index in [1.807, 2.05) is 23.6 Å². The lowest BCUT2D eigenvalue weighted by molar-refractivity contribution is 0.0992. The largest absolute Gasteiger partial charge is 0.493 e. The third kappa shape index (κ3) is 2.71. The first-order chi connectivity index (χ1) is 9.13. The fourth-order valence-corrected chi connectivity index (χ4v) is 3.63. The van der Waals surface area contributed by atoms with Gasteiger partial charge in [-0.25, -0.2) is 0 Å². The maximum Gasteiger partial charge on any atom is 0.168 e. The zero-order chi connectivity index (χ0) is 13.4. The van der Waals surface area contributed by atoms with Gasteiger partial charge < -0.3 is 4.74 Å². The molecule has 0 radical (unpaired) electrons. The van der Waals surface area contributed by atoms with E-state index in [1.54, 1.807) is 0 Å². The van der Waals surface area contributed by atoms with Crippen molar-refractivity contribution in [2.24, 2.45) is 0 Å². The van der Waals surface area contributed by atoms with Gasteiger partial charge in [0.1, 0.15) is 5.75 Å². The number of Topliss-reactive ketones (excluding diaryl/α,β-unsaturated/α-hetero) is 1. The first-order valence-corrected chi connectivity index (χ1v) is 7.90. The summed E-state index contributed by atoms with van der Waals surface area (Å²) in [5.41, 5.74) is 2.71. The molecule has 0 spiro atoms. The molecule has 98 valence electrons. The Bertz CT molecular complexity index is 651. The molecule has 2 aromatic rings. The van der Waals surface area contributed by atoms with Crippen LogP contribution in [0.25, 0.3) is 0 Å². The number of carbonyl (C=O) groups excluding carboxylic acids is 1. The molecule has 0 amide bonds. The van der Waals surface area contributed by atoms with E-state index in [2.05, 4.69) is 15.9 Å². The smallest absolute Gasteiger partial charge is 0.168 e. The number of thiophene rings is 1. The standard InChI is InChI=1S/C14H10BrClO2S/c15-13-6-10(7-19-13)12(17)5-9-4-11(16)3-8-1-2-18-14(8)9/h3-4,6-7H,1-2,5H2. The molecule has 0 aliphatic carbocycles. The number of hydrogen-bond acceptors (Lipinski definition) is 3. The first-order valence-electron chi connectivity index (χ1n) is 5.85. The van der Waals surface area contributed by atoms with Gasteiger partial charge >= 0.3 is 0 Å². The summed E-state index contributed by atoms with van der Waals surface area (Å²) in [6, 6.07) is 5.59. The zero-order valence-corrected chi connectivity index (χ0v) is 13.1. The van der Waals surface area contributed by atoms with Crippen molar-refractivity contribution in [2.75, 3.05) is 6.61 Å². The summed E-state index contributed by atoms with van der Waals surface area (Å²) in [4.78, 5) is 12.2. The predicted molar refractivity (Wildman–Crippen MR) is 80.7 cm³/mol. The van der Waals surface area contributed by atoms with Gasteiger partial charge in [0, 0.05) is 34.4 Å². The van der Waals surface area contributed by atoms with E-state index in [-0.39, 0.29) is 5.78 Å². The number of ether oxygens (including phenoxy) is 1. The van der Waals surface area contributed by atoms with Gasteiger partial charge in [-0.1, -0.05) is 11.6 Å². The highest BCUT2D eigenvalue weighted by molar-refractivity contribution is 9.11. The molecule has 3 rings (SSSR count). The molecule has 0 bridgehead atoms. The number of rotatable bonds is 3. The minimum atomic E-state index is 0.0851. The Morgan fingerprint density at radius 1 is 1.42 bits per heavy atom. The van der Waals surface area contributed by atoms with Gasteiger partial charge in [0.05, 0.1) is 10.4 Å². The van der Waals surface area contributed by atoms with E-state index in [9.17, 15) is 4.79 Å². The molecule has 0 fully saturated rings. The zero-order valence-electron chi connectivity index (χ0n) is 9.91. The van der Waals surface area contributed by atoms with Crippen LogP contribution in [0.4, 0.5) is 0 Å². The molecule has 0 N–H and O–H groups in total. The van der Waals surface area contributed by atoms with E-state index in [0.29, 0.717) is 18.1 Å². The van der Waals surface area contributed by atoms with E-state index in [0.717, 1.165) is 32.6 Å². The second-order valence-electron chi connectivity index (χ2n) is 4.39. The minimum Gasteiger partial charge on any atom is -0.493 e. The van der Waals surface area contributed by atoms with Gasteiger partial charge in [0.2, 0.25) is 0 Å². The van der Waals surface area contributed by atoms with E-state index >= 15 is 0 Å². The molecule has 1 aliphatic heterocycles. The maximum absolute atomic E-state index is 12.2. The van der Waals surface area contributed by atoms with E-state index in [4.69, 9.17) is 16.3 Å². The first kappa shape index (κ1) is 13.2. The molecular weight excluding hydrogens is 348 g/mol. The number of ketones is 1. The lowest BCUT2D eigenvalue weighted by Crippen LogP contribution is -2.03. The van der Waals surface area contributed by atoms with Gasteiger partial charge in [-0.05, 0) is 39.7 Å². The third-order valence-electron chi connectivity index (χ3n) is 3.07. The normalized spacial score (nSPS) is 13.2. The number of benzene rings is 1. The lowest BCUT2D eigenvalue weighted by atomic mass is 10.0. The van der Waals surface area contributed by atoms with Crippen LogP contribution >= 0.6 is 38.9 Å². The van der Waals surface area contributed by atoms with Crippen molar-refractivity contribution in [3.05, 3.63) is 49.1 Å². The Balaban J connectivity index is 1.90. The SMILES string of the molecule is O=C(Cc1cc(Cl)cc2c1OCC2)c1csc(Br)c1. The second-order valence-corrected chi connectivity index (χ2v) is 7.12. The van der Waals surface area contributed by atoms with E-state index < -0.39 is 0 Å². The van der Waals surface area contributed by atoms with Gasteiger partial charge in [-0.15, -0.1) is 11.3 Å². The van der Waals surface area contributed by atoms with Crippen LogP contribution in [0.5, 0.6) is 5.75 Å². The summed E-state index contributed by atoms with van der Waals surface area (Å²) < 4.78 is 6.57. The topological polar surface area (TPSA) is 26.3 Å². The summed E-state index contributed by atoms with van der Waals surface area (Å²) in [5.74, 6) is 0.925. The van der Waals surface area contributed by atoms with Gasteiger partial charge in [-0.3, -0.25) is 4.79 Å². The summed E-state index contributed by atoms with van der Waals surface area (Å²) in [6.07, 6.45) is 1.19. The summed E-state index contributed by atoms with van der Waals surface area (Å²) >= 11 is 11.0. The average Bonchev–Trinajstić information content (AvgIpc) is 2.97. The van der Waals surface area contributed by atoms with Crippen molar-refractivity contribution < 1.29 is 9.53 Å². The minimum absolute atomic E-state index is 0.0851. The molecule has 2 nitrogen and oxygen atoms in total. The number of carbonyl (C=O) groups is 1. The molecule has 0 atom stereocenters. The van der Waals surface area contributed by atoms with Crippen LogP contribution in [-0.4, -0.2) is 12.4 Å². The summed E-state index contributed by atoms with van der Waals surface area (Å²) in [6.45, 7) is 0.668.